The Bertz CT molecular complexity index is 680. The minimum atomic E-state index is -0.150. The Balaban J connectivity index is 1.63. The smallest absolute Gasteiger partial charge is 0.257 e. The van der Waals surface area contributed by atoms with Gasteiger partial charge in [-0.05, 0) is 56.5 Å². The summed E-state index contributed by atoms with van der Waals surface area (Å²) in [7, 11) is 0. The van der Waals surface area contributed by atoms with Gasteiger partial charge >= 0.3 is 0 Å². The molecule has 1 fully saturated rings. The van der Waals surface area contributed by atoms with Gasteiger partial charge in [0.05, 0.1) is 6.61 Å². The second-order valence-electron chi connectivity index (χ2n) is 5.92. The summed E-state index contributed by atoms with van der Waals surface area (Å²) in [5.41, 5.74) is 0.585. The molecule has 24 heavy (non-hydrogen) atoms. The van der Waals surface area contributed by atoms with Crippen molar-refractivity contribution in [3.8, 4) is 5.75 Å². The van der Waals surface area contributed by atoms with E-state index >= 15 is 0 Å². The van der Waals surface area contributed by atoms with E-state index in [1.807, 2.05) is 18.3 Å². The van der Waals surface area contributed by atoms with Crippen molar-refractivity contribution in [3.05, 3.63) is 40.9 Å². The molecule has 1 aromatic carbocycles. The minimum absolute atomic E-state index is 0.150. The number of rotatable bonds is 6. The van der Waals surface area contributed by atoms with Crippen molar-refractivity contribution in [1.29, 1.82) is 0 Å². The number of hydrogen-bond acceptors (Lipinski definition) is 5. The van der Waals surface area contributed by atoms with Crippen LogP contribution in [0.2, 0.25) is 0 Å². The van der Waals surface area contributed by atoms with Gasteiger partial charge in [0.2, 0.25) is 0 Å². The molecule has 1 aliphatic rings. The molecule has 2 N–H and O–H groups in total. The van der Waals surface area contributed by atoms with Crippen LogP contribution in [0.4, 0.5) is 5.13 Å². The average molecular weight is 345 g/mol. The zero-order chi connectivity index (χ0) is 16.8. The lowest BCUT2D eigenvalue weighted by Crippen LogP contribution is -2.26. The molecular formula is C18H23N3O2S. The van der Waals surface area contributed by atoms with Crippen LogP contribution >= 0.6 is 11.3 Å². The number of carbonyl (C=O) groups excluding carboxylic acids is 1. The number of amides is 1. The highest BCUT2D eigenvalue weighted by atomic mass is 32.1. The molecule has 128 valence electrons. The van der Waals surface area contributed by atoms with Crippen molar-refractivity contribution in [2.75, 3.05) is 25.0 Å². The van der Waals surface area contributed by atoms with Gasteiger partial charge in [0.15, 0.2) is 5.13 Å². The molecule has 0 aliphatic carbocycles. The third-order valence-corrected chi connectivity index (χ3v) is 5.13. The van der Waals surface area contributed by atoms with Crippen LogP contribution in [0.5, 0.6) is 5.75 Å². The van der Waals surface area contributed by atoms with Crippen LogP contribution in [0.3, 0.4) is 0 Å². The molecule has 0 unspecified atom stereocenters. The van der Waals surface area contributed by atoms with E-state index < -0.39 is 0 Å². The highest BCUT2D eigenvalue weighted by molar-refractivity contribution is 7.15. The number of ether oxygens (including phenoxy) is 1. The molecule has 2 aromatic rings. The molecule has 0 bridgehead atoms. The molecule has 6 heteroatoms. The SMILES string of the molecule is CCCOc1cccc(C(=O)Nc2ncc(C3CCNCC3)s2)c1. The highest BCUT2D eigenvalue weighted by Gasteiger charge is 2.18. The zero-order valence-electron chi connectivity index (χ0n) is 13.9. The maximum atomic E-state index is 12.4. The summed E-state index contributed by atoms with van der Waals surface area (Å²) in [6.07, 6.45) is 5.10. The molecule has 5 nitrogen and oxygen atoms in total. The first-order valence-corrected chi connectivity index (χ1v) is 9.28. The van der Waals surface area contributed by atoms with Crippen LogP contribution in [-0.4, -0.2) is 30.6 Å². The van der Waals surface area contributed by atoms with E-state index in [1.54, 1.807) is 23.5 Å². The fourth-order valence-corrected chi connectivity index (χ4v) is 3.74. The first-order chi connectivity index (χ1) is 11.8. The van der Waals surface area contributed by atoms with Gasteiger partial charge in [-0.15, -0.1) is 11.3 Å². The molecule has 0 atom stereocenters. The third-order valence-electron chi connectivity index (χ3n) is 4.05. The second-order valence-corrected chi connectivity index (χ2v) is 6.98. The van der Waals surface area contributed by atoms with Crippen molar-refractivity contribution in [3.63, 3.8) is 0 Å². The second kappa shape index (κ2) is 8.26. The van der Waals surface area contributed by atoms with Crippen LogP contribution in [0.15, 0.2) is 30.5 Å². The van der Waals surface area contributed by atoms with Crippen LogP contribution in [-0.2, 0) is 0 Å². The quantitative estimate of drug-likeness (QED) is 0.839. The fraction of sp³-hybridized carbons (Fsp3) is 0.444. The normalized spacial score (nSPS) is 15.2. The lowest BCUT2D eigenvalue weighted by Gasteiger charge is -2.20. The number of aromatic nitrogens is 1. The van der Waals surface area contributed by atoms with Gasteiger partial charge in [0, 0.05) is 16.6 Å². The number of benzene rings is 1. The van der Waals surface area contributed by atoms with Gasteiger partial charge in [-0.1, -0.05) is 13.0 Å². The summed E-state index contributed by atoms with van der Waals surface area (Å²) in [5, 5.41) is 6.93. The van der Waals surface area contributed by atoms with E-state index in [4.69, 9.17) is 4.74 Å². The summed E-state index contributed by atoms with van der Waals surface area (Å²) in [5.74, 6) is 1.13. The molecule has 3 rings (SSSR count). The number of piperidine rings is 1. The number of nitrogens with zero attached hydrogens (tertiary/aromatic N) is 1. The van der Waals surface area contributed by atoms with Gasteiger partial charge in [-0.2, -0.15) is 0 Å². The molecule has 0 saturated carbocycles. The Morgan fingerprint density at radius 2 is 2.25 bits per heavy atom. The summed E-state index contributed by atoms with van der Waals surface area (Å²) in [4.78, 5) is 18.0. The molecular weight excluding hydrogens is 322 g/mol. The topological polar surface area (TPSA) is 63.2 Å². The predicted molar refractivity (Wildman–Crippen MR) is 97.1 cm³/mol. The largest absolute Gasteiger partial charge is 0.494 e. The Hall–Kier alpha value is -1.92. The fourth-order valence-electron chi connectivity index (χ4n) is 2.76. The first kappa shape index (κ1) is 16.9. The van der Waals surface area contributed by atoms with E-state index in [2.05, 4.69) is 22.5 Å². The lowest BCUT2D eigenvalue weighted by molar-refractivity contribution is 0.102. The van der Waals surface area contributed by atoms with Crippen molar-refractivity contribution in [2.45, 2.75) is 32.1 Å². The van der Waals surface area contributed by atoms with E-state index in [9.17, 15) is 4.79 Å². The number of hydrogen-bond donors (Lipinski definition) is 2. The summed E-state index contributed by atoms with van der Waals surface area (Å²) in [6.45, 7) is 4.81. The van der Waals surface area contributed by atoms with E-state index in [0.717, 1.165) is 38.1 Å². The van der Waals surface area contributed by atoms with E-state index in [1.165, 1.54) is 4.88 Å². The summed E-state index contributed by atoms with van der Waals surface area (Å²) >= 11 is 1.58. The number of thiazole rings is 1. The minimum Gasteiger partial charge on any atom is -0.494 e. The average Bonchev–Trinajstić information content (AvgIpc) is 3.09. The van der Waals surface area contributed by atoms with Crippen LogP contribution in [0.1, 0.15) is 47.3 Å². The molecule has 1 aliphatic heterocycles. The first-order valence-electron chi connectivity index (χ1n) is 8.47. The summed E-state index contributed by atoms with van der Waals surface area (Å²) < 4.78 is 5.58. The Kier molecular flexibility index (Phi) is 5.82. The van der Waals surface area contributed by atoms with Gasteiger partial charge < -0.3 is 10.1 Å². The van der Waals surface area contributed by atoms with Crippen molar-refractivity contribution < 1.29 is 9.53 Å². The Morgan fingerprint density at radius 3 is 3.04 bits per heavy atom. The maximum Gasteiger partial charge on any atom is 0.257 e. The third kappa shape index (κ3) is 4.33. The van der Waals surface area contributed by atoms with Crippen LogP contribution in [0, 0.1) is 0 Å². The summed E-state index contributed by atoms with van der Waals surface area (Å²) in [6, 6.07) is 7.26. The van der Waals surface area contributed by atoms with Gasteiger partial charge in [-0.25, -0.2) is 4.98 Å². The zero-order valence-corrected chi connectivity index (χ0v) is 14.7. The molecule has 1 aromatic heterocycles. The van der Waals surface area contributed by atoms with Gasteiger partial charge in [-0.3, -0.25) is 10.1 Å². The van der Waals surface area contributed by atoms with Gasteiger partial charge in [0.25, 0.3) is 5.91 Å². The number of nitrogens with one attached hydrogen (secondary N) is 2. The van der Waals surface area contributed by atoms with E-state index in [-0.39, 0.29) is 5.91 Å². The van der Waals surface area contributed by atoms with Gasteiger partial charge in [0.1, 0.15) is 5.75 Å². The van der Waals surface area contributed by atoms with Crippen molar-refractivity contribution >= 4 is 22.4 Å². The molecule has 2 heterocycles. The van der Waals surface area contributed by atoms with Crippen LogP contribution < -0.4 is 15.4 Å². The molecule has 0 spiro atoms. The molecule has 1 saturated heterocycles. The molecule has 1 amide bonds. The monoisotopic (exact) mass is 345 g/mol. The standard InChI is InChI=1S/C18H23N3O2S/c1-2-10-23-15-5-3-4-14(11-15)17(22)21-18-20-12-16(24-18)13-6-8-19-9-7-13/h3-5,11-13,19H,2,6-10H2,1H3,(H,20,21,22). The Labute approximate surface area is 146 Å². The van der Waals surface area contributed by atoms with Crippen molar-refractivity contribution in [2.24, 2.45) is 0 Å². The lowest BCUT2D eigenvalue weighted by atomic mass is 9.97. The number of carbonyl (C=O) groups is 1. The van der Waals surface area contributed by atoms with Crippen molar-refractivity contribution in [1.82, 2.24) is 10.3 Å². The predicted octanol–water partition coefficient (Wildman–Crippen LogP) is 3.65. The number of anilines is 1. The van der Waals surface area contributed by atoms with E-state index in [0.29, 0.717) is 23.2 Å². The maximum absolute atomic E-state index is 12.4. The highest BCUT2D eigenvalue weighted by Crippen LogP contribution is 2.31. The Morgan fingerprint density at radius 1 is 1.42 bits per heavy atom. The molecule has 0 radical (unpaired) electrons. The van der Waals surface area contributed by atoms with Crippen LogP contribution in [0.25, 0.3) is 0 Å².